The van der Waals surface area contributed by atoms with Crippen molar-refractivity contribution in [2.75, 3.05) is 13.1 Å². The van der Waals surface area contributed by atoms with Crippen molar-refractivity contribution in [3.63, 3.8) is 0 Å². The fourth-order valence-corrected chi connectivity index (χ4v) is 2.82. The minimum Gasteiger partial charge on any atom is -0.481 e. The highest BCUT2D eigenvalue weighted by atomic mass is 16.6. The molecule has 0 saturated heterocycles. The first-order valence-corrected chi connectivity index (χ1v) is 10.9. The van der Waals surface area contributed by atoms with Crippen LogP contribution in [0, 0.1) is 0 Å². The number of carboxylic acids is 1. The molecule has 32 heavy (non-hydrogen) atoms. The number of carbonyl (C=O) groups excluding carboxylic acids is 3. The molecule has 0 bridgehead atoms. The van der Waals surface area contributed by atoms with Gasteiger partial charge in [-0.25, -0.2) is 4.79 Å². The monoisotopic (exact) mass is 449 g/mol. The molecule has 178 valence electrons. The second kappa shape index (κ2) is 14.1. The Balaban J connectivity index is 2.45. The molecular weight excluding hydrogens is 414 g/mol. The molecule has 0 fully saturated rings. The molecule has 0 heterocycles. The summed E-state index contributed by atoms with van der Waals surface area (Å²) in [5.74, 6) is -1.62. The van der Waals surface area contributed by atoms with Crippen molar-refractivity contribution in [1.29, 1.82) is 0 Å². The number of carboxylic acid groups (broad SMARTS) is 1. The number of alkyl carbamates (subject to hydrolysis) is 1. The van der Waals surface area contributed by atoms with E-state index in [1.54, 1.807) is 20.8 Å². The maximum atomic E-state index is 12.7. The third-order valence-electron chi connectivity index (χ3n) is 4.30. The van der Waals surface area contributed by atoms with E-state index in [9.17, 15) is 19.2 Å². The molecule has 0 aliphatic rings. The molecule has 3 amide bonds. The maximum Gasteiger partial charge on any atom is 0.407 e. The highest BCUT2D eigenvalue weighted by Gasteiger charge is 2.21. The second-order valence-corrected chi connectivity index (χ2v) is 8.48. The van der Waals surface area contributed by atoms with Crippen LogP contribution >= 0.6 is 0 Å². The van der Waals surface area contributed by atoms with E-state index in [0.717, 1.165) is 5.56 Å². The molecular formula is C23H35N3O6. The second-order valence-electron chi connectivity index (χ2n) is 8.48. The molecule has 0 spiro atoms. The number of nitrogens with one attached hydrogen (secondary N) is 3. The minimum atomic E-state index is -0.961. The van der Waals surface area contributed by atoms with Gasteiger partial charge in [-0.3, -0.25) is 14.4 Å². The molecule has 9 nitrogen and oxygen atoms in total. The molecule has 0 aliphatic carbocycles. The lowest BCUT2D eigenvalue weighted by molar-refractivity contribution is -0.137. The Morgan fingerprint density at radius 3 is 2.16 bits per heavy atom. The van der Waals surface area contributed by atoms with Gasteiger partial charge < -0.3 is 25.8 Å². The Labute approximate surface area is 189 Å². The van der Waals surface area contributed by atoms with Crippen LogP contribution in [-0.4, -0.2) is 53.7 Å². The highest BCUT2D eigenvalue weighted by molar-refractivity contribution is 5.88. The number of aliphatic carboxylic acids is 1. The van der Waals surface area contributed by atoms with Gasteiger partial charge in [0, 0.05) is 32.4 Å². The highest BCUT2D eigenvalue weighted by Crippen LogP contribution is 2.07. The van der Waals surface area contributed by atoms with E-state index in [-0.39, 0.29) is 31.1 Å². The van der Waals surface area contributed by atoms with Crippen molar-refractivity contribution in [2.24, 2.45) is 0 Å². The van der Waals surface area contributed by atoms with Gasteiger partial charge in [-0.05, 0) is 45.6 Å². The summed E-state index contributed by atoms with van der Waals surface area (Å²) >= 11 is 0. The van der Waals surface area contributed by atoms with E-state index < -0.39 is 23.7 Å². The number of hydrogen-bond acceptors (Lipinski definition) is 5. The summed E-state index contributed by atoms with van der Waals surface area (Å²) in [6.45, 7) is 6.20. The first kappa shape index (κ1) is 26.9. The van der Waals surface area contributed by atoms with Crippen LogP contribution in [0.3, 0.4) is 0 Å². The minimum absolute atomic E-state index is 0.0429. The van der Waals surface area contributed by atoms with E-state index in [1.807, 2.05) is 30.3 Å². The van der Waals surface area contributed by atoms with Crippen molar-refractivity contribution in [3.8, 4) is 0 Å². The zero-order valence-corrected chi connectivity index (χ0v) is 19.1. The molecule has 0 radical (unpaired) electrons. The number of carbonyl (C=O) groups is 4. The molecule has 0 saturated carbocycles. The smallest absolute Gasteiger partial charge is 0.407 e. The van der Waals surface area contributed by atoms with Gasteiger partial charge in [-0.15, -0.1) is 0 Å². The fourth-order valence-electron chi connectivity index (χ4n) is 2.82. The zero-order valence-electron chi connectivity index (χ0n) is 19.1. The Bertz CT molecular complexity index is 746. The van der Waals surface area contributed by atoms with E-state index in [1.165, 1.54) is 0 Å². The summed E-state index contributed by atoms with van der Waals surface area (Å²) in [5.41, 5.74) is 0.351. The molecule has 0 unspecified atom stereocenters. The summed E-state index contributed by atoms with van der Waals surface area (Å²) in [6.07, 6.45) is 1.32. The zero-order chi connectivity index (χ0) is 24.0. The van der Waals surface area contributed by atoms with Crippen LogP contribution in [0.4, 0.5) is 4.79 Å². The average Bonchev–Trinajstić information content (AvgIpc) is 2.69. The van der Waals surface area contributed by atoms with Crippen LogP contribution in [0.2, 0.25) is 0 Å². The number of benzene rings is 1. The summed E-state index contributed by atoms with van der Waals surface area (Å²) in [7, 11) is 0. The Kier molecular flexibility index (Phi) is 11.8. The average molecular weight is 450 g/mol. The Morgan fingerprint density at radius 1 is 0.938 bits per heavy atom. The number of amides is 3. The topological polar surface area (TPSA) is 134 Å². The molecule has 1 atom stereocenters. The van der Waals surface area contributed by atoms with Crippen molar-refractivity contribution in [1.82, 2.24) is 16.0 Å². The van der Waals surface area contributed by atoms with Crippen LogP contribution in [0.5, 0.6) is 0 Å². The molecule has 9 heteroatoms. The van der Waals surface area contributed by atoms with Crippen molar-refractivity contribution in [2.45, 2.75) is 70.9 Å². The van der Waals surface area contributed by atoms with Gasteiger partial charge >= 0.3 is 12.1 Å². The number of rotatable bonds is 13. The standard InChI is InChI=1S/C23H35N3O6/c1-23(2,3)32-22(31)25-15-8-7-14-24-21(30)18(16-17-10-5-4-6-11-17)26-19(27)12-9-13-20(28)29/h4-6,10-11,18H,7-9,12-16H2,1-3H3,(H,24,30)(H,25,31)(H,26,27)(H,28,29)/t18-/m0/s1. The third-order valence-corrected chi connectivity index (χ3v) is 4.30. The van der Waals surface area contributed by atoms with Gasteiger partial charge in [0.2, 0.25) is 11.8 Å². The van der Waals surface area contributed by atoms with E-state index in [4.69, 9.17) is 9.84 Å². The summed E-state index contributed by atoms with van der Waals surface area (Å²) in [5, 5.41) is 16.9. The third kappa shape index (κ3) is 13.3. The number of hydrogen-bond donors (Lipinski definition) is 4. The van der Waals surface area contributed by atoms with Crippen molar-refractivity contribution < 1.29 is 29.0 Å². The molecule has 0 aromatic heterocycles. The van der Waals surface area contributed by atoms with E-state index >= 15 is 0 Å². The lowest BCUT2D eigenvalue weighted by Crippen LogP contribution is -2.48. The quantitative estimate of drug-likeness (QED) is 0.342. The maximum absolute atomic E-state index is 12.7. The van der Waals surface area contributed by atoms with Gasteiger partial charge in [-0.1, -0.05) is 30.3 Å². The Hall–Kier alpha value is -3.10. The lowest BCUT2D eigenvalue weighted by atomic mass is 10.0. The van der Waals surface area contributed by atoms with Crippen LogP contribution in [0.15, 0.2) is 30.3 Å². The summed E-state index contributed by atoms with van der Waals surface area (Å²) < 4.78 is 5.16. The predicted molar refractivity (Wildman–Crippen MR) is 120 cm³/mol. The van der Waals surface area contributed by atoms with Crippen LogP contribution in [0.1, 0.15) is 58.4 Å². The van der Waals surface area contributed by atoms with Crippen LogP contribution < -0.4 is 16.0 Å². The van der Waals surface area contributed by atoms with Gasteiger partial charge in [0.15, 0.2) is 0 Å². The molecule has 0 aliphatic heterocycles. The van der Waals surface area contributed by atoms with Crippen LogP contribution in [-0.2, 0) is 25.5 Å². The molecule has 4 N–H and O–H groups in total. The van der Waals surface area contributed by atoms with E-state index in [2.05, 4.69) is 16.0 Å². The first-order chi connectivity index (χ1) is 15.1. The predicted octanol–water partition coefficient (Wildman–Crippen LogP) is 2.39. The first-order valence-electron chi connectivity index (χ1n) is 10.9. The van der Waals surface area contributed by atoms with E-state index in [0.29, 0.717) is 32.4 Å². The van der Waals surface area contributed by atoms with Gasteiger partial charge in [0.25, 0.3) is 0 Å². The van der Waals surface area contributed by atoms with Crippen molar-refractivity contribution in [3.05, 3.63) is 35.9 Å². The summed E-state index contributed by atoms with van der Waals surface area (Å²) in [4.78, 5) is 47.0. The fraction of sp³-hybridized carbons (Fsp3) is 0.565. The number of unbranched alkanes of at least 4 members (excludes halogenated alkanes) is 1. The molecule has 1 rings (SSSR count). The van der Waals surface area contributed by atoms with Crippen molar-refractivity contribution >= 4 is 23.9 Å². The van der Waals surface area contributed by atoms with Crippen LogP contribution in [0.25, 0.3) is 0 Å². The van der Waals surface area contributed by atoms with Gasteiger partial charge in [0.05, 0.1) is 0 Å². The largest absolute Gasteiger partial charge is 0.481 e. The Morgan fingerprint density at radius 2 is 1.56 bits per heavy atom. The molecule has 1 aromatic carbocycles. The van der Waals surface area contributed by atoms with Gasteiger partial charge in [0.1, 0.15) is 11.6 Å². The summed E-state index contributed by atoms with van der Waals surface area (Å²) in [6, 6.07) is 8.58. The molecule has 1 aromatic rings. The normalized spacial score (nSPS) is 11.8. The van der Waals surface area contributed by atoms with Gasteiger partial charge in [-0.2, -0.15) is 0 Å². The lowest BCUT2D eigenvalue weighted by Gasteiger charge is -2.20. The SMILES string of the molecule is CC(C)(C)OC(=O)NCCCCNC(=O)[C@H](Cc1ccccc1)NC(=O)CCCC(=O)O. The number of ether oxygens (including phenoxy) is 1.